The molecule has 102 valence electrons. The lowest BCUT2D eigenvalue weighted by Gasteiger charge is -2.28. The fourth-order valence-corrected chi connectivity index (χ4v) is 1.09. The Morgan fingerprint density at radius 1 is 1.12 bits per heavy atom. The number of carbonyl (C=O) groups is 1. The molecule has 0 heterocycles. The van der Waals surface area contributed by atoms with Gasteiger partial charge in [0.2, 0.25) is 0 Å². The van der Waals surface area contributed by atoms with Gasteiger partial charge in [0, 0.05) is 7.11 Å². The number of alkyl carbamates (subject to hydrolysis) is 1. The van der Waals surface area contributed by atoms with Gasteiger partial charge in [0.05, 0.1) is 25.4 Å². The van der Waals surface area contributed by atoms with Gasteiger partial charge < -0.3 is 19.5 Å². The molecule has 1 amide bonds. The topological polar surface area (TPSA) is 56.8 Å². The zero-order valence-electron chi connectivity index (χ0n) is 11.8. The predicted molar refractivity (Wildman–Crippen MR) is 66.1 cm³/mol. The van der Waals surface area contributed by atoms with Crippen molar-refractivity contribution in [2.45, 2.75) is 45.8 Å². The number of hydrogen-bond donors (Lipinski definition) is 1. The molecular weight excluding hydrogens is 222 g/mol. The Kier molecular flexibility index (Phi) is 6.49. The molecule has 0 aliphatic carbocycles. The van der Waals surface area contributed by atoms with Crippen LogP contribution in [0.1, 0.15) is 34.6 Å². The van der Waals surface area contributed by atoms with E-state index in [0.717, 1.165) is 0 Å². The molecule has 0 fully saturated rings. The maximum absolute atomic E-state index is 11.5. The van der Waals surface area contributed by atoms with Gasteiger partial charge in [-0.1, -0.05) is 0 Å². The van der Waals surface area contributed by atoms with Crippen LogP contribution in [0, 0.1) is 0 Å². The van der Waals surface area contributed by atoms with Crippen LogP contribution in [0.25, 0.3) is 0 Å². The summed E-state index contributed by atoms with van der Waals surface area (Å²) in [5, 5.41) is 2.76. The Labute approximate surface area is 104 Å². The standard InChI is InChI=1S/C12H25NO4/c1-11(2,3)17-10(14)13-12(4,5)9-16-8-7-15-6/h7-9H2,1-6H3,(H,13,14). The van der Waals surface area contributed by atoms with E-state index in [1.54, 1.807) is 7.11 Å². The summed E-state index contributed by atoms with van der Waals surface area (Å²) >= 11 is 0. The van der Waals surface area contributed by atoms with E-state index in [0.29, 0.717) is 19.8 Å². The number of hydrogen-bond acceptors (Lipinski definition) is 4. The molecule has 0 aromatic heterocycles. The summed E-state index contributed by atoms with van der Waals surface area (Å²) in [6, 6.07) is 0. The van der Waals surface area contributed by atoms with Crippen molar-refractivity contribution in [2.24, 2.45) is 0 Å². The molecule has 0 spiro atoms. The molecule has 0 aromatic carbocycles. The highest BCUT2D eigenvalue weighted by Crippen LogP contribution is 2.09. The van der Waals surface area contributed by atoms with Crippen LogP contribution in [-0.2, 0) is 14.2 Å². The molecule has 0 aliphatic heterocycles. The van der Waals surface area contributed by atoms with E-state index in [4.69, 9.17) is 14.2 Å². The van der Waals surface area contributed by atoms with E-state index in [2.05, 4.69) is 5.32 Å². The van der Waals surface area contributed by atoms with Gasteiger partial charge in [-0.2, -0.15) is 0 Å². The quantitative estimate of drug-likeness (QED) is 0.729. The molecule has 17 heavy (non-hydrogen) atoms. The van der Waals surface area contributed by atoms with Crippen molar-refractivity contribution in [2.75, 3.05) is 26.9 Å². The highest BCUT2D eigenvalue weighted by molar-refractivity contribution is 5.68. The number of carbonyl (C=O) groups excluding carboxylic acids is 1. The van der Waals surface area contributed by atoms with Crippen LogP contribution in [0.4, 0.5) is 4.79 Å². The third kappa shape index (κ3) is 10.1. The summed E-state index contributed by atoms with van der Waals surface area (Å²) < 4.78 is 15.4. The van der Waals surface area contributed by atoms with E-state index in [1.807, 2.05) is 34.6 Å². The van der Waals surface area contributed by atoms with Crippen molar-refractivity contribution in [1.82, 2.24) is 5.32 Å². The third-order valence-electron chi connectivity index (χ3n) is 1.73. The SMILES string of the molecule is COCCOCC(C)(C)NC(=O)OC(C)(C)C. The second kappa shape index (κ2) is 6.81. The molecule has 0 aliphatic rings. The number of methoxy groups -OCH3 is 1. The molecule has 0 aromatic rings. The fourth-order valence-electron chi connectivity index (χ4n) is 1.09. The average Bonchev–Trinajstić information content (AvgIpc) is 2.08. The second-order valence-electron chi connectivity index (χ2n) is 5.56. The van der Waals surface area contributed by atoms with Gasteiger partial charge in [0.25, 0.3) is 0 Å². The lowest BCUT2D eigenvalue weighted by Crippen LogP contribution is -2.48. The molecule has 1 N–H and O–H groups in total. The Morgan fingerprint density at radius 3 is 2.18 bits per heavy atom. The molecule has 0 saturated heterocycles. The van der Waals surface area contributed by atoms with Crippen LogP contribution in [0.15, 0.2) is 0 Å². The second-order valence-corrected chi connectivity index (χ2v) is 5.56. The first kappa shape index (κ1) is 16.2. The molecule has 5 heteroatoms. The van der Waals surface area contributed by atoms with Crippen molar-refractivity contribution in [1.29, 1.82) is 0 Å². The van der Waals surface area contributed by atoms with E-state index >= 15 is 0 Å². The lowest BCUT2D eigenvalue weighted by molar-refractivity contribution is 0.0240. The first-order valence-corrected chi connectivity index (χ1v) is 5.74. The Balaban J connectivity index is 3.94. The van der Waals surface area contributed by atoms with E-state index in [-0.39, 0.29) is 0 Å². The highest BCUT2D eigenvalue weighted by atomic mass is 16.6. The summed E-state index contributed by atoms with van der Waals surface area (Å²) in [5.74, 6) is 0. The summed E-state index contributed by atoms with van der Waals surface area (Å²) in [4.78, 5) is 11.5. The van der Waals surface area contributed by atoms with Crippen molar-refractivity contribution in [3.63, 3.8) is 0 Å². The van der Waals surface area contributed by atoms with E-state index < -0.39 is 17.2 Å². The van der Waals surface area contributed by atoms with Crippen LogP contribution >= 0.6 is 0 Å². The number of amides is 1. The molecule has 0 radical (unpaired) electrons. The smallest absolute Gasteiger partial charge is 0.408 e. The minimum atomic E-state index is -0.489. The van der Waals surface area contributed by atoms with Crippen molar-refractivity contribution in [3.8, 4) is 0 Å². The molecule has 5 nitrogen and oxygen atoms in total. The van der Waals surface area contributed by atoms with Gasteiger partial charge in [-0.05, 0) is 34.6 Å². The first-order chi connectivity index (χ1) is 7.66. The predicted octanol–water partition coefficient (Wildman–Crippen LogP) is 1.95. The largest absolute Gasteiger partial charge is 0.444 e. The number of nitrogens with one attached hydrogen (secondary N) is 1. The van der Waals surface area contributed by atoms with E-state index in [1.165, 1.54) is 0 Å². The van der Waals surface area contributed by atoms with Crippen LogP contribution in [0.2, 0.25) is 0 Å². The minimum Gasteiger partial charge on any atom is -0.444 e. The highest BCUT2D eigenvalue weighted by Gasteiger charge is 2.24. The molecule has 0 atom stereocenters. The van der Waals surface area contributed by atoms with Crippen LogP contribution < -0.4 is 5.32 Å². The Hall–Kier alpha value is -0.810. The molecular formula is C12H25NO4. The summed E-state index contributed by atoms with van der Waals surface area (Å²) in [7, 11) is 1.62. The summed E-state index contributed by atoms with van der Waals surface area (Å²) in [6.45, 7) is 10.7. The van der Waals surface area contributed by atoms with Gasteiger partial charge >= 0.3 is 6.09 Å². The summed E-state index contributed by atoms with van der Waals surface area (Å²) in [6.07, 6.45) is -0.433. The maximum atomic E-state index is 11.5. The zero-order valence-corrected chi connectivity index (χ0v) is 11.8. The normalized spacial score (nSPS) is 12.4. The van der Waals surface area contributed by atoms with Gasteiger partial charge in [-0.3, -0.25) is 0 Å². The van der Waals surface area contributed by atoms with Gasteiger partial charge in [-0.25, -0.2) is 4.79 Å². The van der Waals surface area contributed by atoms with Gasteiger partial charge in [0.15, 0.2) is 0 Å². The molecule has 0 bridgehead atoms. The number of ether oxygens (including phenoxy) is 3. The van der Waals surface area contributed by atoms with Gasteiger partial charge in [-0.15, -0.1) is 0 Å². The maximum Gasteiger partial charge on any atom is 0.408 e. The first-order valence-electron chi connectivity index (χ1n) is 5.74. The molecule has 0 saturated carbocycles. The zero-order chi connectivity index (χ0) is 13.5. The minimum absolute atomic E-state index is 0.412. The summed E-state index contributed by atoms with van der Waals surface area (Å²) in [5.41, 5.74) is -0.951. The monoisotopic (exact) mass is 247 g/mol. The Bertz CT molecular complexity index is 233. The van der Waals surface area contributed by atoms with Crippen molar-refractivity contribution >= 4 is 6.09 Å². The van der Waals surface area contributed by atoms with Gasteiger partial charge in [0.1, 0.15) is 5.60 Å². The van der Waals surface area contributed by atoms with Crippen molar-refractivity contribution < 1.29 is 19.0 Å². The van der Waals surface area contributed by atoms with Crippen molar-refractivity contribution in [3.05, 3.63) is 0 Å². The number of rotatable bonds is 6. The molecule has 0 rings (SSSR count). The Morgan fingerprint density at radius 2 is 1.71 bits per heavy atom. The van der Waals surface area contributed by atoms with Crippen LogP contribution in [-0.4, -0.2) is 44.2 Å². The molecule has 0 unspecified atom stereocenters. The van der Waals surface area contributed by atoms with Crippen LogP contribution in [0.5, 0.6) is 0 Å². The lowest BCUT2D eigenvalue weighted by atomic mass is 10.1. The average molecular weight is 247 g/mol. The van der Waals surface area contributed by atoms with Crippen LogP contribution in [0.3, 0.4) is 0 Å². The van der Waals surface area contributed by atoms with E-state index in [9.17, 15) is 4.79 Å². The fraction of sp³-hybridized carbons (Fsp3) is 0.917. The third-order valence-corrected chi connectivity index (χ3v) is 1.73.